The zero-order valence-electron chi connectivity index (χ0n) is 9.19. The molecular formula is C9H16N2O5. The van der Waals surface area contributed by atoms with Crippen LogP contribution in [-0.4, -0.2) is 34.1 Å². The highest BCUT2D eigenvalue weighted by molar-refractivity contribution is 5.85. The minimum atomic E-state index is -1.12. The molecule has 2 atom stereocenters. The van der Waals surface area contributed by atoms with Crippen molar-refractivity contribution in [1.82, 2.24) is 10.8 Å². The fourth-order valence-electron chi connectivity index (χ4n) is 0.952. The van der Waals surface area contributed by atoms with E-state index in [4.69, 9.17) is 10.3 Å². The van der Waals surface area contributed by atoms with E-state index in [1.165, 1.54) is 12.4 Å². The molecule has 7 nitrogen and oxygen atoms in total. The summed E-state index contributed by atoms with van der Waals surface area (Å²) in [6, 6.07) is -0.957. The minimum absolute atomic E-state index is 0.00649. The lowest BCUT2D eigenvalue weighted by Crippen LogP contribution is -2.41. The number of carbonyl (C=O) groups excluding carboxylic acids is 2. The van der Waals surface area contributed by atoms with Crippen LogP contribution >= 0.6 is 0 Å². The third-order valence-corrected chi connectivity index (χ3v) is 2.11. The van der Waals surface area contributed by atoms with Gasteiger partial charge in [0.2, 0.25) is 11.8 Å². The Kier molecular flexibility index (Phi) is 6.09. The molecular weight excluding hydrogens is 216 g/mol. The van der Waals surface area contributed by atoms with Gasteiger partial charge in [-0.3, -0.25) is 19.6 Å². The van der Waals surface area contributed by atoms with Crippen LogP contribution in [-0.2, 0) is 14.4 Å². The van der Waals surface area contributed by atoms with E-state index in [2.05, 4.69) is 5.32 Å². The van der Waals surface area contributed by atoms with Crippen LogP contribution in [0.25, 0.3) is 0 Å². The number of amides is 2. The van der Waals surface area contributed by atoms with E-state index in [0.717, 1.165) is 0 Å². The lowest BCUT2D eigenvalue weighted by atomic mass is 10.0. The zero-order chi connectivity index (χ0) is 12.7. The first-order valence-corrected chi connectivity index (χ1v) is 4.84. The molecule has 16 heavy (non-hydrogen) atoms. The molecule has 2 amide bonds. The third-order valence-electron chi connectivity index (χ3n) is 2.11. The molecule has 0 bridgehead atoms. The Morgan fingerprint density at radius 3 is 2.25 bits per heavy atom. The predicted octanol–water partition coefficient (Wildman–Crippen LogP) is -0.503. The third kappa shape index (κ3) is 5.30. The van der Waals surface area contributed by atoms with Gasteiger partial charge in [-0.2, -0.15) is 0 Å². The second-order valence-corrected chi connectivity index (χ2v) is 3.54. The molecule has 92 valence electrons. The molecule has 0 heterocycles. The van der Waals surface area contributed by atoms with Crippen molar-refractivity contribution in [3.63, 3.8) is 0 Å². The average molecular weight is 232 g/mol. The molecule has 0 aromatic rings. The van der Waals surface area contributed by atoms with Crippen LogP contribution in [0.4, 0.5) is 0 Å². The Bertz CT molecular complexity index is 279. The van der Waals surface area contributed by atoms with E-state index in [9.17, 15) is 14.4 Å². The maximum Gasteiger partial charge on any atom is 0.325 e. The lowest BCUT2D eigenvalue weighted by Gasteiger charge is -2.14. The first kappa shape index (κ1) is 14.4. The Hall–Kier alpha value is -1.63. The van der Waals surface area contributed by atoms with Crippen LogP contribution in [0, 0.1) is 5.92 Å². The van der Waals surface area contributed by atoms with Gasteiger partial charge in [0.15, 0.2) is 0 Å². The topological polar surface area (TPSA) is 116 Å². The molecule has 0 rings (SSSR count). The number of nitrogens with one attached hydrogen (secondary N) is 2. The Labute approximate surface area is 92.8 Å². The van der Waals surface area contributed by atoms with Gasteiger partial charge in [0.05, 0.1) is 0 Å². The summed E-state index contributed by atoms with van der Waals surface area (Å²) in [6.45, 7) is 2.93. The number of aliphatic carboxylic acids is 1. The van der Waals surface area contributed by atoms with Gasteiger partial charge in [-0.1, -0.05) is 6.92 Å². The van der Waals surface area contributed by atoms with E-state index < -0.39 is 29.7 Å². The quantitative estimate of drug-likeness (QED) is 0.364. The number of carboxylic acid groups (broad SMARTS) is 1. The van der Waals surface area contributed by atoms with Crippen molar-refractivity contribution in [2.75, 3.05) is 0 Å². The second-order valence-electron chi connectivity index (χ2n) is 3.54. The predicted molar refractivity (Wildman–Crippen MR) is 53.6 cm³/mol. The van der Waals surface area contributed by atoms with Gasteiger partial charge in [0, 0.05) is 12.3 Å². The molecule has 0 saturated carbocycles. The van der Waals surface area contributed by atoms with Crippen molar-refractivity contribution < 1.29 is 24.7 Å². The Morgan fingerprint density at radius 2 is 1.81 bits per heavy atom. The summed E-state index contributed by atoms with van der Waals surface area (Å²) in [4.78, 5) is 32.5. The van der Waals surface area contributed by atoms with Crippen LogP contribution in [0.15, 0.2) is 0 Å². The zero-order valence-corrected chi connectivity index (χ0v) is 9.19. The summed E-state index contributed by atoms with van der Waals surface area (Å²) in [6.07, 6.45) is 0.247. The van der Waals surface area contributed by atoms with Crippen molar-refractivity contribution in [3.8, 4) is 0 Å². The molecule has 0 aliphatic carbocycles. The van der Waals surface area contributed by atoms with Crippen LogP contribution in [0.1, 0.15) is 26.7 Å². The maximum absolute atomic E-state index is 11.4. The summed E-state index contributed by atoms with van der Waals surface area (Å²) in [5, 5.41) is 19.1. The van der Waals surface area contributed by atoms with Crippen molar-refractivity contribution in [3.05, 3.63) is 0 Å². The van der Waals surface area contributed by atoms with Crippen LogP contribution in [0.2, 0.25) is 0 Å². The van der Waals surface area contributed by atoms with Gasteiger partial charge in [-0.15, -0.1) is 0 Å². The molecule has 1 unspecified atom stereocenters. The van der Waals surface area contributed by atoms with Gasteiger partial charge in [-0.25, -0.2) is 5.48 Å². The normalized spacial score (nSPS) is 13.7. The molecule has 0 aromatic carbocycles. The minimum Gasteiger partial charge on any atom is -0.480 e. The van der Waals surface area contributed by atoms with Crippen molar-refractivity contribution in [2.24, 2.45) is 5.92 Å². The summed E-state index contributed by atoms with van der Waals surface area (Å²) in [7, 11) is 0. The largest absolute Gasteiger partial charge is 0.480 e. The smallest absolute Gasteiger partial charge is 0.325 e. The van der Waals surface area contributed by atoms with E-state index in [1.54, 1.807) is 6.92 Å². The van der Waals surface area contributed by atoms with Crippen molar-refractivity contribution in [1.29, 1.82) is 0 Å². The molecule has 0 aliphatic rings. The first-order valence-electron chi connectivity index (χ1n) is 4.84. The number of hydroxylamine groups is 1. The number of hydrogen-bond acceptors (Lipinski definition) is 4. The highest BCUT2D eigenvalue weighted by atomic mass is 16.5. The monoisotopic (exact) mass is 232 g/mol. The van der Waals surface area contributed by atoms with Gasteiger partial charge in [0.1, 0.15) is 6.04 Å². The van der Waals surface area contributed by atoms with Gasteiger partial charge >= 0.3 is 5.97 Å². The molecule has 0 aliphatic heterocycles. The molecule has 0 saturated heterocycles. The van der Waals surface area contributed by atoms with E-state index in [1.807, 2.05) is 0 Å². The number of carboxylic acids is 1. The lowest BCUT2D eigenvalue weighted by molar-refractivity contribution is -0.142. The van der Waals surface area contributed by atoms with Crippen LogP contribution in [0.5, 0.6) is 0 Å². The fourth-order valence-corrected chi connectivity index (χ4v) is 0.952. The first-order chi connectivity index (χ1) is 7.38. The van der Waals surface area contributed by atoms with Crippen molar-refractivity contribution >= 4 is 17.8 Å². The summed E-state index contributed by atoms with van der Waals surface area (Å²) >= 11 is 0. The summed E-state index contributed by atoms with van der Waals surface area (Å²) in [5.41, 5.74) is 1.45. The highest BCUT2D eigenvalue weighted by Gasteiger charge is 2.19. The average Bonchev–Trinajstić information content (AvgIpc) is 2.24. The summed E-state index contributed by atoms with van der Waals surface area (Å²) in [5.74, 6) is -2.61. The van der Waals surface area contributed by atoms with E-state index in [0.29, 0.717) is 0 Å². The molecule has 0 fully saturated rings. The molecule has 4 N–H and O–H groups in total. The second kappa shape index (κ2) is 6.78. The highest BCUT2D eigenvalue weighted by Crippen LogP contribution is 2.05. The number of rotatable bonds is 6. The number of carbonyl (C=O) groups is 3. The van der Waals surface area contributed by atoms with Gasteiger partial charge in [-0.05, 0) is 13.3 Å². The molecule has 7 heteroatoms. The van der Waals surface area contributed by atoms with E-state index in [-0.39, 0.29) is 12.8 Å². The maximum atomic E-state index is 11.4. The standard InChI is InChI=1S/C9H16N2O5/c1-5(3-4-7(12)11-16)8(13)10-6(2)9(14)15/h5-6,16H,3-4H2,1-2H3,(H,10,13)(H,11,12)(H,14,15)/t5?,6-/m0/s1. The Morgan fingerprint density at radius 1 is 1.25 bits per heavy atom. The molecule has 0 aromatic heterocycles. The SMILES string of the molecule is CC(CCC(=O)NO)C(=O)N[C@@H](C)C(=O)O. The van der Waals surface area contributed by atoms with Gasteiger partial charge < -0.3 is 10.4 Å². The molecule has 0 spiro atoms. The van der Waals surface area contributed by atoms with Gasteiger partial charge in [0.25, 0.3) is 0 Å². The van der Waals surface area contributed by atoms with E-state index >= 15 is 0 Å². The van der Waals surface area contributed by atoms with Crippen LogP contribution in [0.3, 0.4) is 0 Å². The van der Waals surface area contributed by atoms with Crippen molar-refractivity contribution in [2.45, 2.75) is 32.7 Å². The van der Waals surface area contributed by atoms with Crippen LogP contribution < -0.4 is 10.8 Å². The fraction of sp³-hybridized carbons (Fsp3) is 0.667. The Balaban J connectivity index is 3.99. The number of hydrogen-bond donors (Lipinski definition) is 4. The summed E-state index contributed by atoms with van der Waals surface area (Å²) < 4.78 is 0. The molecule has 0 radical (unpaired) electrons.